The second kappa shape index (κ2) is 6.15. The standard InChI is InChI=1S/C20H23N3O2/c1-22(2)18-8-7-15(13-21-18)19(24)23-11-9-20(10-12-23)17-6-4-3-5-16(17)14-25-20/h3-8,13H,9-12,14H2,1-2H3. The highest BCUT2D eigenvalue weighted by Crippen LogP contribution is 2.44. The first-order chi connectivity index (χ1) is 12.1. The number of amides is 1. The Morgan fingerprint density at radius 3 is 2.60 bits per heavy atom. The number of hydrogen-bond acceptors (Lipinski definition) is 4. The summed E-state index contributed by atoms with van der Waals surface area (Å²) in [6.45, 7) is 2.10. The van der Waals surface area contributed by atoms with Crippen LogP contribution in [0, 0.1) is 0 Å². The summed E-state index contributed by atoms with van der Waals surface area (Å²) in [5.41, 5.74) is 3.03. The molecule has 130 valence electrons. The first-order valence-electron chi connectivity index (χ1n) is 8.74. The fourth-order valence-electron chi connectivity index (χ4n) is 3.83. The number of rotatable bonds is 2. The van der Waals surface area contributed by atoms with Crippen molar-refractivity contribution in [2.24, 2.45) is 0 Å². The fraction of sp³-hybridized carbons (Fsp3) is 0.400. The van der Waals surface area contributed by atoms with Gasteiger partial charge in [-0.05, 0) is 36.1 Å². The normalized spacial score (nSPS) is 18.2. The largest absolute Gasteiger partial charge is 0.365 e. The molecular formula is C20H23N3O2. The van der Waals surface area contributed by atoms with Gasteiger partial charge in [0.15, 0.2) is 0 Å². The van der Waals surface area contributed by atoms with Gasteiger partial charge in [-0.25, -0.2) is 4.98 Å². The van der Waals surface area contributed by atoms with Crippen molar-refractivity contribution in [3.8, 4) is 0 Å². The van der Waals surface area contributed by atoms with Crippen LogP contribution in [0.25, 0.3) is 0 Å². The molecule has 0 bridgehead atoms. The average molecular weight is 337 g/mol. The minimum Gasteiger partial charge on any atom is -0.365 e. The lowest BCUT2D eigenvalue weighted by atomic mass is 9.83. The average Bonchev–Trinajstić information content (AvgIpc) is 3.01. The summed E-state index contributed by atoms with van der Waals surface area (Å²) in [4.78, 5) is 21.0. The lowest BCUT2D eigenvalue weighted by Crippen LogP contribution is -2.45. The van der Waals surface area contributed by atoms with Crippen LogP contribution in [0.5, 0.6) is 0 Å². The summed E-state index contributed by atoms with van der Waals surface area (Å²) < 4.78 is 6.17. The number of carbonyl (C=O) groups is 1. The van der Waals surface area contributed by atoms with Crippen LogP contribution in [0.4, 0.5) is 5.82 Å². The van der Waals surface area contributed by atoms with Gasteiger partial charge in [-0.15, -0.1) is 0 Å². The van der Waals surface area contributed by atoms with E-state index in [-0.39, 0.29) is 11.5 Å². The number of aromatic nitrogens is 1. The summed E-state index contributed by atoms with van der Waals surface area (Å²) in [6, 6.07) is 12.2. The summed E-state index contributed by atoms with van der Waals surface area (Å²) in [5.74, 6) is 0.907. The fourth-order valence-corrected chi connectivity index (χ4v) is 3.83. The molecule has 0 N–H and O–H groups in total. The minimum absolute atomic E-state index is 0.0546. The molecule has 5 nitrogen and oxygen atoms in total. The van der Waals surface area contributed by atoms with Gasteiger partial charge in [0.1, 0.15) is 5.82 Å². The van der Waals surface area contributed by atoms with Crippen molar-refractivity contribution in [2.45, 2.75) is 25.0 Å². The lowest BCUT2D eigenvalue weighted by molar-refractivity contribution is -0.0741. The predicted octanol–water partition coefficient (Wildman–Crippen LogP) is 2.81. The number of carbonyl (C=O) groups excluding carboxylic acids is 1. The highest BCUT2D eigenvalue weighted by atomic mass is 16.5. The third kappa shape index (κ3) is 2.78. The third-order valence-corrected chi connectivity index (χ3v) is 5.32. The van der Waals surface area contributed by atoms with E-state index in [1.807, 2.05) is 36.0 Å². The van der Waals surface area contributed by atoms with Crippen molar-refractivity contribution in [3.63, 3.8) is 0 Å². The molecule has 1 amide bonds. The number of ether oxygens (including phenoxy) is 1. The maximum atomic E-state index is 12.8. The molecule has 2 aliphatic rings. The maximum absolute atomic E-state index is 12.8. The summed E-state index contributed by atoms with van der Waals surface area (Å²) in [6.07, 6.45) is 3.36. The van der Waals surface area contributed by atoms with E-state index in [0.717, 1.165) is 18.7 Å². The number of nitrogens with zero attached hydrogens (tertiary/aromatic N) is 3. The van der Waals surface area contributed by atoms with Crippen LogP contribution in [-0.2, 0) is 16.9 Å². The number of likely N-dealkylation sites (tertiary alicyclic amines) is 1. The van der Waals surface area contributed by atoms with Gasteiger partial charge in [0.2, 0.25) is 0 Å². The van der Waals surface area contributed by atoms with Crippen LogP contribution in [-0.4, -0.2) is 43.0 Å². The Morgan fingerprint density at radius 2 is 1.92 bits per heavy atom. The zero-order valence-electron chi connectivity index (χ0n) is 14.7. The van der Waals surface area contributed by atoms with Crippen LogP contribution in [0.2, 0.25) is 0 Å². The van der Waals surface area contributed by atoms with E-state index in [1.165, 1.54) is 11.1 Å². The second-order valence-corrected chi connectivity index (χ2v) is 7.03. The molecule has 4 rings (SSSR count). The maximum Gasteiger partial charge on any atom is 0.255 e. The van der Waals surface area contributed by atoms with Gasteiger partial charge in [0, 0.05) is 33.4 Å². The summed E-state index contributed by atoms with van der Waals surface area (Å²) in [7, 11) is 3.88. The molecule has 1 aromatic heterocycles. The van der Waals surface area contributed by atoms with Crippen LogP contribution >= 0.6 is 0 Å². The van der Waals surface area contributed by atoms with Crippen molar-refractivity contribution in [1.82, 2.24) is 9.88 Å². The van der Waals surface area contributed by atoms with Gasteiger partial charge in [-0.3, -0.25) is 4.79 Å². The SMILES string of the molecule is CN(C)c1ccc(C(=O)N2CCC3(CC2)OCc2ccccc23)cn1. The number of hydrogen-bond donors (Lipinski definition) is 0. The zero-order valence-corrected chi connectivity index (χ0v) is 14.7. The number of benzene rings is 1. The molecule has 0 saturated carbocycles. The number of pyridine rings is 1. The molecule has 2 aliphatic heterocycles. The Bertz CT molecular complexity index is 778. The monoisotopic (exact) mass is 337 g/mol. The third-order valence-electron chi connectivity index (χ3n) is 5.32. The van der Waals surface area contributed by atoms with E-state index in [9.17, 15) is 4.79 Å². The van der Waals surface area contributed by atoms with E-state index in [2.05, 4.69) is 29.2 Å². The Morgan fingerprint density at radius 1 is 1.16 bits per heavy atom. The van der Waals surface area contributed by atoms with E-state index >= 15 is 0 Å². The molecular weight excluding hydrogens is 314 g/mol. The first kappa shape index (κ1) is 16.1. The van der Waals surface area contributed by atoms with Gasteiger partial charge in [-0.2, -0.15) is 0 Å². The van der Waals surface area contributed by atoms with Crippen molar-refractivity contribution < 1.29 is 9.53 Å². The predicted molar refractivity (Wildman–Crippen MR) is 96.6 cm³/mol. The molecule has 3 heterocycles. The molecule has 0 unspecified atom stereocenters. The van der Waals surface area contributed by atoms with Crippen molar-refractivity contribution in [2.75, 3.05) is 32.1 Å². The number of anilines is 1. The summed E-state index contributed by atoms with van der Waals surface area (Å²) in [5, 5.41) is 0. The van der Waals surface area contributed by atoms with Gasteiger partial charge in [0.25, 0.3) is 5.91 Å². The minimum atomic E-state index is -0.208. The molecule has 1 saturated heterocycles. The van der Waals surface area contributed by atoms with Crippen molar-refractivity contribution in [3.05, 3.63) is 59.3 Å². The van der Waals surface area contributed by atoms with Crippen LogP contribution in [0.3, 0.4) is 0 Å². The highest BCUT2D eigenvalue weighted by Gasteiger charge is 2.43. The van der Waals surface area contributed by atoms with Crippen LogP contribution in [0.1, 0.15) is 34.3 Å². The molecule has 0 aliphatic carbocycles. The molecule has 1 spiro atoms. The Balaban J connectivity index is 1.46. The molecule has 25 heavy (non-hydrogen) atoms. The molecule has 1 fully saturated rings. The number of piperidine rings is 1. The summed E-state index contributed by atoms with van der Waals surface area (Å²) >= 11 is 0. The van der Waals surface area contributed by atoms with Gasteiger partial charge < -0.3 is 14.5 Å². The van der Waals surface area contributed by atoms with E-state index in [0.29, 0.717) is 25.3 Å². The van der Waals surface area contributed by atoms with Gasteiger partial charge in [-0.1, -0.05) is 24.3 Å². The van der Waals surface area contributed by atoms with E-state index < -0.39 is 0 Å². The van der Waals surface area contributed by atoms with Crippen LogP contribution < -0.4 is 4.90 Å². The molecule has 0 atom stereocenters. The topological polar surface area (TPSA) is 45.7 Å². The quantitative estimate of drug-likeness (QED) is 0.845. The van der Waals surface area contributed by atoms with E-state index in [4.69, 9.17) is 4.74 Å². The Kier molecular flexibility index (Phi) is 3.96. The molecule has 2 aromatic rings. The number of fused-ring (bicyclic) bond motifs is 2. The Labute approximate surface area is 148 Å². The zero-order chi connectivity index (χ0) is 17.4. The molecule has 0 radical (unpaired) electrons. The van der Waals surface area contributed by atoms with Crippen LogP contribution in [0.15, 0.2) is 42.6 Å². The van der Waals surface area contributed by atoms with E-state index in [1.54, 1.807) is 6.20 Å². The smallest absolute Gasteiger partial charge is 0.255 e. The molecule has 5 heteroatoms. The lowest BCUT2D eigenvalue weighted by Gasteiger charge is -2.39. The Hall–Kier alpha value is -2.40. The van der Waals surface area contributed by atoms with Gasteiger partial charge >= 0.3 is 0 Å². The first-order valence-corrected chi connectivity index (χ1v) is 8.74. The second-order valence-electron chi connectivity index (χ2n) is 7.03. The van der Waals surface area contributed by atoms with Crippen molar-refractivity contribution in [1.29, 1.82) is 0 Å². The van der Waals surface area contributed by atoms with Gasteiger partial charge in [0.05, 0.1) is 17.8 Å². The molecule has 1 aromatic carbocycles. The van der Waals surface area contributed by atoms with Crippen molar-refractivity contribution >= 4 is 11.7 Å². The highest BCUT2D eigenvalue weighted by molar-refractivity contribution is 5.94.